The number of nitrogens with one attached hydrogen (secondary N) is 1. The normalized spacial score (nSPS) is 19.3. The lowest BCUT2D eigenvalue weighted by Crippen LogP contribution is -2.38. The van der Waals surface area contributed by atoms with Crippen molar-refractivity contribution in [2.75, 3.05) is 13.2 Å². The number of rotatable bonds is 5. The predicted molar refractivity (Wildman–Crippen MR) is 56.4 cm³/mol. The molecule has 100 valence electrons. The van der Waals surface area contributed by atoms with Crippen LogP contribution in [0.15, 0.2) is 0 Å². The fourth-order valence-electron chi connectivity index (χ4n) is 1.90. The summed E-state index contributed by atoms with van der Waals surface area (Å²) in [6, 6.07) is 0. The molecule has 1 atom stereocenters. The minimum absolute atomic E-state index is 0.466. The van der Waals surface area contributed by atoms with E-state index in [1.807, 2.05) is 0 Å². The van der Waals surface area contributed by atoms with Crippen LogP contribution in [0.1, 0.15) is 32.6 Å². The molecule has 1 rings (SSSR count). The van der Waals surface area contributed by atoms with Gasteiger partial charge in [-0.1, -0.05) is 12.8 Å². The molecule has 3 nitrogen and oxygen atoms in total. The highest BCUT2D eigenvalue weighted by Crippen LogP contribution is 2.23. The van der Waals surface area contributed by atoms with Crippen LogP contribution in [0.2, 0.25) is 0 Å². The first kappa shape index (κ1) is 14.3. The number of hydrogen-bond acceptors (Lipinski definition) is 2. The summed E-state index contributed by atoms with van der Waals surface area (Å²) in [4.78, 5) is 11.4. The first-order valence-electron chi connectivity index (χ1n) is 5.84. The molecule has 6 heteroatoms. The van der Waals surface area contributed by atoms with Gasteiger partial charge in [0.05, 0.1) is 0 Å². The highest BCUT2D eigenvalue weighted by atomic mass is 19.4. The lowest BCUT2D eigenvalue weighted by molar-refractivity contribution is -0.185. The van der Waals surface area contributed by atoms with Crippen LogP contribution >= 0.6 is 0 Å². The average Bonchev–Trinajstić information content (AvgIpc) is 2.74. The van der Waals surface area contributed by atoms with Gasteiger partial charge in [0.2, 0.25) is 5.91 Å². The molecule has 0 aromatic carbocycles. The van der Waals surface area contributed by atoms with E-state index in [0.717, 1.165) is 12.8 Å². The van der Waals surface area contributed by atoms with Crippen molar-refractivity contribution in [3.8, 4) is 0 Å². The van der Waals surface area contributed by atoms with E-state index < -0.39 is 24.8 Å². The number of halogens is 3. The van der Waals surface area contributed by atoms with Gasteiger partial charge in [0.25, 0.3) is 0 Å². The predicted octanol–water partition coefficient (Wildman–Crippen LogP) is 2.26. The fraction of sp³-hybridized carbons (Fsp3) is 0.909. The van der Waals surface area contributed by atoms with Crippen LogP contribution in [0.5, 0.6) is 0 Å². The van der Waals surface area contributed by atoms with Gasteiger partial charge in [0, 0.05) is 6.54 Å². The molecule has 1 N–H and O–H groups in total. The van der Waals surface area contributed by atoms with Crippen molar-refractivity contribution in [1.29, 1.82) is 0 Å². The lowest BCUT2D eigenvalue weighted by Gasteiger charge is -2.16. The number of hydrogen-bond donors (Lipinski definition) is 1. The molecular formula is C11H18F3NO2. The Morgan fingerprint density at radius 3 is 2.53 bits per heavy atom. The molecule has 0 aliphatic heterocycles. The minimum Gasteiger partial charge on any atom is -0.359 e. The number of ether oxygens (including phenoxy) is 1. The summed E-state index contributed by atoms with van der Waals surface area (Å²) in [5.74, 6) is -0.00471. The molecular weight excluding hydrogens is 235 g/mol. The van der Waals surface area contributed by atoms with Crippen molar-refractivity contribution in [3.05, 3.63) is 0 Å². The largest absolute Gasteiger partial charge is 0.411 e. The topological polar surface area (TPSA) is 38.3 Å². The maximum Gasteiger partial charge on any atom is 0.411 e. The van der Waals surface area contributed by atoms with Crippen molar-refractivity contribution in [1.82, 2.24) is 5.32 Å². The van der Waals surface area contributed by atoms with Gasteiger partial charge in [0.1, 0.15) is 12.7 Å². The zero-order valence-corrected chi connectivity index (χ0v) is 9.85. The Labute approximate surface area is 98.7 Å². The zero-order chi connectivity index (χ0) is 12.9. The van der Waals surface area contributed by atoms with Crippen LogP contribution in [0.25, 0.3) is 0 Å². The zero-order valence-electron chi connectivity index (χ0n) is 9.85. The second-order valence-electron chi connectivity index (χ2n) is 4.46. The van der Waals surface area contributed by atoms with Crippen LogP contribution in [0, 0.1) is 5.92 Å². The standard InChI is InChI=1S/C11H18F3NO2/c1-8(17-7-11(12,13)14)10(16)15-6-9-4-2-3-5-9/h8-9H,2-7H2,1H3,(H,15,16)/t8-/m0/s1. The molecule has 1 aliphatic carbocycles. The van der Waals surface area contributed by atoms with Gasteiger partial charge >= 0.3 is 6.18 Å². The van der Waals surface area contributed by atoms with E-state index in [2.05, 4.69) is 10.1 Å². The van der Waals surface area contributed by atoms with Gasteiger partial charge < -0.3 is 10.1 Å². The number of carbonyl (C=O) groups is 1. The highest BCUT2D eigenvalue weighted by Gasteiger charge is 2.30. The Kier molecular flexibility index (Phi) is 5.24. The average molecular weight is 253 g/mol. The van der Waals surface area contributed by atoms with Crippen LogP contribution in [-0.2, 0) is 9.53 Å². The third-order valence-electron chi connectivity index (χ3n) is 2.91. The Bertz CT molecular complexity index is 250. The Morgan fingerprint density at radius 2 is 2.00 bits per heavy atom. The van der Waals surface area contributed by atoms with Crippen LogP contribution in [0.3, 0.4) is 0 Å². The van der Waals surface area contributed by atoms with Crippen molar-refractivity contribution in [2.45, 2.75) is 44.9 Å². The molecule has 1 aliphatic rings. The molecule has 1 saturated carbocycles. The van der Waals surface area contributed by atoms with Crippen LogP contribution in [0.4, 0.5) is 13.2 Å². The van der Waals surface area contributed by atoms with Crippen molar-refractivity contribution in [3.63, 3.8) is 0 Å². The third-order valence-corrected chi connectivity index (χ3v) is 2.91. The summed E-state index contributed by atoms with van der Waals surface area (Å²) in [7, 11) is 0. The van der Waals surface area contributed by atoms with Crippen LogP contribution < -0.4 is 5.32 Å². The van der Waals surface area contributed by atoms with Gasteiger partial charge in [-0.15, -0.1) is 0 Å². The molecule has 0 aromatic rings. The number of alkyl halides is 3. The Hall–Kier alpha value is -0.780. The van der Waals surface area contributed by atoms with E-state index in [1.165, 1.54) is 19.8 Å². The quantitative estimate of drug-likeness (QED) is 0.816. The molecule has 0 spiro atoms. The maximum atomic E-state index is 11.9. The second kappa shape index (κ2) is 6.23. The molecule has 0 aromatic heterocycles. The SMILES string of the molecule is C[C@H](OCC(F)(F)F)C(=O)NCC1CCCC1. The smallest absolute Gasteiger partial charge is 0.359 e. The summed E-state index contributed by atoms with van der Waals surface area (Å²) in [6.07, 6.45) is -0.949. The third kappa shape index (κ3) is 5.91. The number of amides is 1. The van der Waals surface area contributed by atoms with Gasteiger partial charge in [-0.05, 0) is 25.7 Å². The van der Waals surface area contributed by atoms with E-state index in [9.17, 15) is 18.0 Å². The lowest BCUT2D eigenvalue weighted by atomic mass is 10.1. The summed E-state index contributed by atoms with van der Waals surface area (Å²) < 4.78 is 40.0. The van der Waals surface area contributed by atoms with Gasteiger partial charge in [-0.2, -0.15) is 13.2 Å². The summed E-state index contributed by atoms with van der Waals surface area (Å²) in [5, 5.41) is 2.63. The fourth-order valence-corrected chi connectivity index (χ4v) is 1.90. The second-order valence-corrected chi connectivity index (χ2v) is 4.46. The summed E-state index contributed by atoms with van der Waals surface area (Å²) >= 11 is 0. The molecule has 0 bridgehead atoms. The molecule has 0 saturated heterocycles. The highest BCUT2D eigenvalue weighted by molar-refractivity contribution is 5.80. The Morgan fingerprint density at radius 1 is 1.41 bits per heavy atom. The molecule has 0 unspecified atom stereocenters. The minimum atomic E-state index is -4.39. The Balaban J connectivity index is 2.17. The van der Waals surface area contributed by atoms with E-state index in [-0.39, 0.29) is 0 Å². The molecule has 1 amide bonds. The summed E-state index contributed by atoms with van der Waals surface area (Å²) in [6.45, 7) is 0.485. The van der Waals surface area contributed by atoms with E-state index in [4.69, 9.17) is 0 Å². The summed E-state index contributed by atoms with van der Waals surface area (Å²) in [5.41, 5.74) is 0. The van der Waals surface area contributed by atoms with Crippen LogP contribution in [-0.4, -0.2) is 31.3 Å². The van der Waals surface area contributed by atoms with E-state index in [0.29, 0.717) is 12.5 Å². The first-order valence-corrected chi connectivity index (χ1v) is 5.84. The monoisotopic (exact) mass is 253 g/mol. The van der Waals surface area contributed by atoms with Crippen molar-refractivity contribution >= 4 is 5.91 Å². The first-order chi connectivity index (χ1) is 7.88. The molecule has 17 heavy (non-hydrogen) atoms. The maximum absolute atomic E-state index is 11.9. The molecule has 0 heterocycles. The van der Waals surface area contributed by atoms with Gasteiger partial charge in [0.15, 0.2) is 0 Å². The van der Waals surface area contributed by atoms with E-state index >= 15 is 0 Å². The van der Waals surface area contributed by atoms with E-state index in [1.54, 1.807) is 0 Å². The molecule has 1 fully saturated rings. The van der Waals surface area contributed by atoms with Gasteiger partial charge in [-0.3, -0.25) is 4.79 Å². The number of carbonyl (C=O) groups excluding carboxylic acids is 1. The van der Waals surface area contributed by atoms with Gasteiger partial charge in [-0.25, -0.2) is 0 Å². The van der Waals surface area contributed by atoms with Crippen molar-refractivity contribution < 1.29 is 22.7 Å². The molecule has 0 radical (unpaired) electrons. The van der Waals surface area contributed by atoms with Crippen molar-refractivity contribution in [2.24, 2.45) is 5.92 Å².